The van der Waals surface area contributed by atoms with Crippen molar-refractivity contribution in [2.24, 2.45) is 0 Å². The van der Waals surface area contributed by atoms with E-state index in [9.17, 15) is 14.7 Å². The van der Waals surface area contributed by atoms with Crippen molar-refractivity contribution in [3.8, 4) is 22.6 Å². The van der Waals surface area contributed by atoms with Crippen LogP contribution in [0.4, 0.5) is 0 Å². The van der Waals surface area contributed by atoms with E-state index in [1.807, 2.05) is 56.3 Å². The van der Waals surface area contributed by atoms with Gasteiger partial charge in [-0.15, -0.1) is 0 Å². The predicted molar refractivity (Wildman–Crippen MR) is 142 cm³/mol. The monoisotopic (exact) mass is 489 g/mol. The third kappa shape index (κ3) is 4.61. The van der Waals surface area contributed by atoms with Gasteiger partial charge in [0.15, 0.2) is 11.5 Å². The molecule has 6 heteroatoms. The molecule has 1 atom stereocenters. The summed E-state index contributed by atoms with van der Waals surface area (Å²) in [6.07, 6.45) is 2.73. The maximum absolute atomic E-state index is 13.5. The van der Waals surface area contributed by atoms with Crippen LogP contribution in [0.25, 0.3) is 11.1 Å². The lowest BCUT2D eigenvalue weighted by Gasteiger charge is -2.16. The van der Waals surface area contributed by atoms with E-state index in [0.29, 0.717) is 24.2 Å². The van der Waals surface area contributed by atoms with Gasteiger partial charge >= 0.3 is 0 Å². The van der Waals surface area contributed by atoms with Gasteiger partial charge in [0.25, 0.3) is 5.91 Å². The molecule has 1 amide bonds. The number of ether oxygens (including phenoxy) is 2. The lowest BCUT2D eigenvalue weighted by atomic mass is 9.87. The van der Waals surface area contributed by atoms with Gasteiger partial charge in [0.2, 0.25) is 6.79 Å². The van der Waals surface area contributed by atoms with Gasteiger partial charge < -0.3 is 19.9 Å². The SMILES string of the molecule is CC[C@@H](CO)NC(=O)c1ccc(-c2cc(CC(=O)C3(c4ccc5c(c4)OCO5)CC3)ccc2C)cc1.[HH].[HH]. The van der Waals surface area contributed by atoms with E-state index in [-0.39, 0.29) is 34.0 Å². The molecule has 1 heterocycles. The number of amides is 1. The molecular weight excluding hydrogens is 454 g/mol. The van der Waals surface area contributed by atoms with Gasteiger partial charge in [0.1, 0.15) is 5.78 Å². The summed E-state index contributed by atoms with van der Waals surface area (Å²) in [6.45, 7) is 4.11. The van der Waals surface area contributed by atoms with Crippen LogP contribution in [0.3, 0.4) is 0 Å². The highest BCUT2D eigenvalue weighted by atomic mass is 16.7. The molecule has 1 aliphatic carbocycles. The molecule has 0 saturated heterocycles. The van der Waals surface area contributed by atoms with E-state index in [4.69, 9.17) is 9.47 Å². The molecule has 0 radical (unpaired) electrons. The first-order valence-electron chi connectivity index (χ1n) is 12.5. The summed E-state index contributed by atoms with van der Waals surface area (Å²) in [5.74, 6) is 1.46. The molecule has 0 unspecified atom stereocenters. The Balaban J connectivity index is 0.00000200. The van der Waals surface area contributed by atoms with E-state index in [2.05, 4.69) is 11.4 Å². The number of aryl methyl sites for hydroxylation is 1. The number of carbonyl (C=O) groups is 2. The Kier molecular flexibility index (Phi) is 6.54. The molecular formula is C30H35NO5. The number of aliphatic hydroxyl groups excluding tert-OH is 1. The first-order valence-corrected chi connectivity index (χ1v) is 12.5. The van der Waals surface area contributed by atoms with Crippen LogP contribution in [0.1, 0.15) is 56.1 Å². The molecule has 0 aromatic heterocycles. The average Bonchev–Trinajstić information content (AvgIpc) is 3.59. The lowest BCUT2D eigenvalue weighted by molar-refractivity contribution is -0.120. The second kappa shape index (κ2) is 9.78. The second-order valence-electron chi connectivity index (χ2n) is 9.74. The number of aliphatic hydroxyl groups is 1. The highest BCUT2D eigenvalue weighted by Crippen LogP contribution is 2.51. The van der Waals surface area contributed by atoms with Crippen LogP contribution in [0, 0.1) is 6.92 Å². The van der Waals surface area contributed by atoms with E-state index >= 15 is 0 Å². The largest absolute Gasteiger partial charge is 0.454 e. The summed E-state index contributed by atoms with van der Waals surface area (Å²) in [5.41, 5.74) is 5.23. The number of carbonyl (C=O) groups excluding carboxylic acids is 2. The fraction of sp³-hybridized carbons (Fsp3) is 0.333. The smallest absolute Gasteiger partial charge is 0.251 e. The molecule has 36 heavy (non-hydrogen) atoms. The Morgan fingerprint density at radius 1 is 1.03 bits per heavy atom. The Morgan fingerprint density at radius 2 is 1.78 bits per heavy atom. The molecule has 0 spiro atoms. The fourth-order valence-electron chi connectivity index (χ4n) is 4.84. The summed E-state index contributed by atoms with van der Waals surface area (Å²) < 4.78 is 10.9. The van der Waals surface area contributed by atoms with Gasteiger partial charge in [-0.25, -0.2) is 0 Å². The van der Waals surface area contributed by atoms with Gasteiger partial charge in [0, 0.05) is 14.8 Å². The molecule has 5 rings (SSSR count). The van der Waals surface area contributed by atoms with Gasteiger partial charge in [-0.2, -0.15) is 0 Å². The molecule has 2 aliphatic rings. The standard InChI is InChI=1S/C30H31NO5.2H2/c1-3-24(17-32)31-29(34)22-8-6-21(7-9-22)25-14-20(5-4-19(25)2)15-28(33)30(12-13-30)23-10-11-26-27(16-23)36-18-35-26;;/h4-11,14,16,24,32H,3,12-13,15,17-18H2,1-2H3,(H,31,34);2*1H/t24-;;/m0../s1. The van der Waals surface area contributed by atoms with Gasteiger partial charge in [-0.1, -0.05) is 43.3 Å². The predicted octanol–water partition coefficient (Wildman–Crippen LogP) is 5.23. The van der Waals surface area contributed by atoms with Crippen LogP contribution in [0.5, 0.6) is 11.5 Å². The first-order chi connectivity index (χ1) is 17.4. The molecule has 0 bridgehead atoms. The molecule has 3 aromatic rings. The number of nitrogens with one attached hydrogen (secondary N) is 1. The number of ketones is 1. The van der Waals surface area contributed by atoms with Crippen molar-refractivity contribution >= 4 is 11.7 Å². The van der Waals surface area contributed by atoms with Crippen LogP contribution in [-0.4, -0.2) is 36.2 Å². The molecule has 2 N–H and O–H groups in total. The van der Waals surface area contributed by atoms with Crippen molar-refractivity contribution < 1.29 is 27.0 Å². The van der Waals surface area contributed by atoms with Gasteiger partial charge in [-0.3, -0.25) is 9.59 Å². The molecule has 1 saturated carbocycles. The van der Waals surface area contributed by atoms with Crippen molar-refractivity contribution in [3.63, 3.8) is 0 Å². The van der Waals surface area contributed by atoms with Crippen LogP contribution in [0.15, 0.2) is 60.7 Å². The normalized spacial score (nSPS) is 15.9. The molecule has 190 valence electrons. The number of hydrogen-bond donors (Lipinski definition) is 2. The third-order valence-electron chi connectivity index (χ3n) is 7.38. The number of benzene rings is 3. The third-order valence-corrected chi connectivity index (χ3v) is 7.38. The van der Waals surface area contributed by atoms with Gasteiger partial charge in [0.05, 0.1) is 18.1 Å². The van der Waals surface area contributed by atoms with E-state index in [1.165, 1.54) is 0 Å². The van der Waals surface area contributed by atoms with Crippen LogP contribution < -0.4 is 14.8 Å². The highest BCUT2D eigenvalue weighted by molar-refractivity contribution is 5.96. The van der Waals surface area contributed by atoms with Crippen molar-refractivity contribution in [1.82, 2.24) is 5.32 Å². The topological polar surface area (TPSA) is 84.9 Å². The minimum Gasteiger partial charge on any atom is -0.454 e. The zero-order valence-corrected chi connectivity index (χ0v) is 20.7. The molecule has 3 aromatic carbocycles. The Hall–Kier alpha value is -3.64. The quantitative estimate of drug-likeness (QED) is 0.430. The average molecular weight is 490 g/mol. The molecule has 1 aliphatic heterocycles. The van der Waals surface area contributed by atoms with Crippen LogP contribution in [-0.2, 0) is 16.6 Å². The van der Waals surface area contributed by atoms with Gasteiger partial charge in [-0.05, 0) is 78.3 Å². The molecule has 1 fully saturated rings. The van der Waals surface area contributed by atoms with Crippen LogP contribution >= 0.6 is 0 Å². The summed E-state index contributed by atoms with van der Waals surface area (Å²) in [5, 5.41) is 12.2. The maximum atomic E-state index is 13.5. The van der Waals surface area contributed by atoms with Crippen molar-refractivity contribution in [2.45, 2.75) is 51.0 Å². The molecule has 6 nitrogen and oxygen atoms in total. The van der Waals surface area contributed by atoms with Crippen molar-refractivity contribution in [1.29, 1.82) is 0 Å². The Morgan fingerprint density at radius 3 is 2.47 bits per heavy atom. The lowest BCUT2D eigenvalue weighted by Crippen LogP contribution is -2.36. The fourth-order valence-corrected chi connectivity index (χ4v) is 4.84. The summed E-state index contributed by atoms with van der Waals surface area (Å²) in [4.78, 5) is 25.9. The summed E-state index contributed by atoms with van der Waals surface area (Å²) in [7, 11) is 0. The van der Waals surface area contributed by atoms with Crippen LogP contribution in [0.2, 0.25) is 0 Å². The zero-order valence-electron chi connectivity index (χ0n) is 20.7. The number of rotatable bonds is 9. The summed E-state index contributed by atoms with van der Waals surface area (Å²) >= 11 is 0. The van der Waals surface area contributed by atoms with E-state index < -0.39 is 5.41 Å². The first kappa shape index (κ1) is 24.1. The van der Waals surface area contributed by atoms with E-state index in [1.54, 1.807) is 12.1 Å². The Bertz CT molecular complexity index is 1300. The minimum atomic E-state index is -0.439. The van der Waals surface area contributed by atoms with E-state index in [0.717, 1.165) is 46.4 Å². The number of fused-ring (bicyclic) bond motifs is 1. The zero-order chi connectivity index (χ0) is 25.3. The highest BCUT2D eigenvalue weighted by Gasteiger charge is 2.50. The van der Waals surface area contributed by atoms with Crippen molar-refractivity contribution in [3.05, 3.63) is 82.9 Å². The number of hydrogen-bond acceptors (Lipinski definition) is 5. The minimum absolute atomic E-state index is 0. The van der Waals surface area contributed by atoms with Crippen molar-refractivity contribution in [2.75, 3.05) is 13.4 Å². The summed E-state index contributed by atoms with van der Waals surface area (Å²) in [6, 6.07) is 19.2. The number of Topliss-reactive ketones (excluding diaryl/α,β-unsaturated/α-hetero) is 1. The second-order valence-corrected chi connectivity index (χ2v) is 9.74. The Labute approximate surface area is 214 Å². The maximum Gasteiger partial charge on any atom is 0.251 e.